The molecule has 1 N–H and O–H groups in total. The Kier molecular flexibility index (Phi) is 5.11. The van der Waals surface area contributed by atoms with Crippen LogP contribution in [-0.2, 0) is 0 Å². The van der Waals surface area contributed by atoms with E-state index in [1.807, 2.05) is 18.5 Å². The van der Waals surface area contributed by atoms with E-state index in [0.29, 0.717) is 5.92 Å². The highest BCUT2D eigenvalue weighted by atomic mass is 32.1. The number of aryl methyl sites for hydroxylation is 1. The molecule has 4 rings (SSSR count). The fourth-order valence-corrected chi connectivity index (χ4v) is 5.39. The van der Waals surface area contributed by atoms with Gasteiger partial charge < -0.3 is 5.43 Å². The molecule has 0 fully saturated rings. The predicted molar refractivity (Wildman–Crippen MR) is 119 cm³/mol. The van der Waals surface area contributed by atoms with Crippen molar-refractivity contribution in [2.24, 2.45) is 5.92 Å². The van der Waals surface area contributed by atoms with Crippen LogP contribution in [0.2, 0.25) is 0 Å². The largest absolute Gasteiger partial charge is 0.317 e. The zero-order valence-corrected chi connectivity index (χ0v) is 18.1. The van der Waals surface area contributed by atoms with Gasteiger partial charge in [-0.05, 0) is 67.7 Å². The molecular weight excluding hydrogens is 364 g/mol. The third-order valence-corrected chi connectivity index (χ3v) is 6.81. The van der Waals surface area contributed by atoms with Gasteiger partial charge in [0, 0.05) is 18.0 Å². The summed E-state index contributed by atoms with van der Waals surface area (Å²) in [6.45, 7) is 11.1. The number of nitrogens with one attached hydrogen (secondary N) is 1. The summed E-state index contributed by atoms with van der Waals surface area (Å²) in [5, 5.41) is 2.24. The van der Waals surface area contributed by atoms with Gasteiger partial charge >= 0.3 is 0 Å². The summed E-state index contributed by atoms with van der Waals surface area (Å²) >= 11 is 1.79. The molecule has 0 saturated heterocycles. The van der Waals surface area contributed by atoms with E-state index in [9.17, 15) is 0 Å². The lowest BCUT2D eigenvalue weighted by Crippen LogP contribution is -2.31. The second-order valence-electron chi connectivity index (χ2n) is 7.60. The molecular formula is C23H28N4S. The van der Waals surface area contributed by atoms with E-state index in [1.165, 1.54) is 27.3 Å². The van der Waals surface area contributed by atoms with Crippen LogP contribution in [0, 0.1) is 19.8 Å². The van der Waals surface area contributed by atoms with Gasteiger partial charge in [0.05, 0.1) is 16.6 Å². The maximum absolute atomic E-state index is 5.01. The average molecular weight is 393 g/mol. The number of nitrogens with zero attached hydrogens (tertiary/aromatic N) is 3. The Balaban J connectivity index is 1.84. The van der Waals surface area contributed by atoms with Gasteiger partial charge in [-0.1, -0.05) is 26.0 Å². The highest BCUT2D eigenvalue weighted by Crippen LogP contribution is 2.41. The molecule has 4 nitrogen and oxygen atoms in total. The lowest BCUT2D eigenvalue weighted by molar-refractivity contribution is 0.602. The first-order valence-electron chi connectivity index (χ1n) is 10.1. The van der Waals surface area contributed by atoms with Crippen LogP contribution in [0.1, 0.15) is 50.7 Å². The van der Waals surface area contributed by atoms with Crippen LogP contribution in [-0.4, -0.2) is 20.7 Å². The second kappa shape index (κ2) is 7.55. The van der Waals surface area contributed by atoms with Gasteiger partial charge in [-0.2, -0.15) is 0 Å². The molecule has 1 unspecified atom stereocenters. The molecule has 4 heterocycles. The molecule has 146 valence electrons. The number of hydrogen-bond donors (Lipinski definition) is 1. The van der Waals surface area contributed by atoms with Crippen LogP contribution >= 0.6 is 11.3 Å². The van der Waals surface area contributed by atoms with E-state index in [4.69, 9.17) is 4.98 Å². The molecule has 3 aromatic heterocycles. The summed E-state index contributed by atoms with van der Waals surface area (Å²) in [6, 6.07) is 4.40. The standard InChI is InChI=1S/C23H28N4S/c1-6-17(7-2)19-11-14(3)26-27-21(16(5)25-23(19)27)22-15(4)20(13-28-22)18-9-8-10-24-12-18/h8-14,17,26H,6-7H2,1-5H3. The van der Waals surface area contributed by atoms with Gasteiger partial charge in [0.2, 0.25) is 0 Å². The molecule has 0 bridgehead atoms. The maximum atomic E-state index is 5.01. The van der Waals surface area contributed by atoms with Crippen molar-refractivity contribution in [2.75, 3.05) is 5.43 Å². The lowest BCUT2D eigenvalue weighted by Gasteiger charge is -2.28. The summed E-state index contributed by atoms with van der Waals surface area (Å²) in [6.07, 6.45) is 8.39. The highest BCUT2D eigenvalue weighted by molar-refractivity contribution is 7.14. The minimum Gasteiger partial charge on any atom is -0.317 e. The topological polar surface area (TPSA) is 42.7 Å². The van der Waals surface area contributed by atoms with Gasteiger partial charge in [-0.25, -0.2) is 9.66 Å². The summed E-state index contributed by atoms with van der Waals surface area (Å²) in [5.41, 5.74) is 11.0. The minimum atomic E-state index is 0.286. The molecule has 1 atom stereocenters. The Labute approximate surface area is 171 Å². The van der Waals surface area contributed by atoms with Gasteiger partial charge in [-0.3, -0.25) is 4.98 Å². The van der Waals surface area contributed by atoms with E-state index in [-0.39, 0.29) is 6.04 Å². The van der Waals surface area contributed by atoms with Crippen molar-refractivity contribution < 1.29 is 0 Å². The molecule has 1 aliphatic heterocycles. The van der Waals surface area contributed by atoms with Crippen molar-refractivity contribution in [3.63, 3.8) is 0 Å². The van der Waals surface area contributed by atoms with Crippen molar-refractivity contribution >= 4 is 16.9 Å². The van der Waals surface area contributed by atoms with Crippen LogP contribution < -0.4 is 5.43 Å². The van der Waals surface area contributed by atoms with Gasteiger partial charge in [0.25, 0.3) is 0 Å². The number of fused-ring (bicyclic) bond motifs is 1. The molecule has 0 radical (unpaired) electrons. The summed E-state index contributed by atoms with van der Waals surface area (Å²) in [7, 11) is 0. The van der Waals surface area contributed by atoms with E-state index in [0.717, 1.165) is 29.9 Å². The fraction of sp³-hybridized carbons (Fsp3) is 0.391. The van der Waals surface area contributed by atoms with Crippen molar-refractivity contribution in [1.82, 2.24) is 14.6 Å². The minimum absolute atomic E-state index is 0.286. The molecule has 0 aliphatic carbocycles. The summed E-state index contributed by atoms with van der Waals surface area (Å²) in [4.78, 5) is 10.6. The molecule has 3 aromatic rings. The molecule has 0 saturated carbocycles. The molecule has 0 aromatic carbocycles. The van der Waals surface area contributed by atoms with Crippen molar-refractivity contribution in [2.45, 2.75) is 53.5 Å². The summed E-state index contributed by atoms with van der Waals surface area (Å²) < 4.78 is 2.24. The van der Waals surface area contributed by atoms with E-state index in [2.05, 4.69) is 67.2 Å². The van der Waals surface area contributed by atoms with Crippen LogP contribution in [0.15, 0.2) is 36.0 Å². The number of aromatic nitrogens is 3. The number of hydrogen-bond acceptors (Lipinski definition) is 4. The van der Waals surface area contributed by atoms with Crippen LogP contribution in [0.5, 0.6) is 0 Å². The monoisotopic (exact) mass is 392 g/mol. The first-order valence-corrected chi connectivity index (χ1v) is 11.0. The maximum Gasteiger partial charge on any atom is 0.155 e. The molecule has 1 aliphatic rings. The van der Waals surface area contributed by atoms with Crippen LogP contribution in [0.3, 0.4) is 0 Å². The first-order chi connectivity index (χ1) is 13.5. The number of imidazole rings is 1. The fourth-order valence-electron chi connectivity index (χ4n) is 4.20. The van der Waals surface area contributed by atoms with E-state index >= 15 is 0 Å². The van der Waals surface area contributed by atoms with Gasteiger partial charge in [-0.15, -0.1) is 11.3 Å². The normalized spacial score (nSPS) is 16.1. The SMILES string of the molecule is CCC(CC)C1=CC(C)Nn2c1nc(C)c2-c1scc(-c2cccnc2)c1C. The van der Waals surface area contributed by atoms with E-state index in [1.54, 1.807) is 11.3 Å². The average Bonchev–Trinajstić information content (AvgIpc) is 3.22. The Bertz CT molecular complexity index is 1010. The van der Waals surface area contributed by atoms with Crippen LogP contribution in [0.4, 0.5) is 0 Å². The highest BCUT2D eigenvalue weighted by Gasteiger charge is 2.28. The lowest BCUT2D eigenvalue weighted by atomic mass is 9.91. The molecule has 28 heavy (non-hydrogen) atoms. The predicted octanol–water partition coefficient (Wildman–Crippen LogP) is 6.06. The smallest absolute Gasteiger partial charge is 0.155 e. The Morgan fingerprint density at radius 3 is 2.71 bits per heavy atom. The van der Waals surface area contributed by atoms with Crippen molar-refractivity contribution in [3.8, 4) is 21.7 Å². The number of rotatable bonds is 5. The number of allylic oxidation sites excluding steroid dienone is 1. The summed E-state index contributed by atoms with van der Waals surface area (Å²) in [5.74, 6) is 1.63. The quantitative estimate of drug-likeness (QED) is 0.574. The third kappa shape index (κ3) is 3.08. The Morgan fingerprint density at radius 1 is 1.25 bits per heavy atom. The van der Waals surface area contributed by atoms with Crippen molar-refractivity contribution in [1.29, 1.82) is 0 Å². The van der Waals surface area contributed by atoms with Crippen molar-refractivity contribution in [3.05, 3.63) is 53.1 Å². The van der Waals surface area contributed by atoms with Gasteiger partial charge in [0.1, 0.15) is 5.69 Å². The zero-order valence-electron chi connectivity index (χ0n) is 17.3. The zero-order chi connectivity index (χ0) is 19.8. The Morgan fingerprint density at radius 2 is 2.04 bits per heavy atom. The number of pyridine rings is 1. The third-order valence-electron chi connectivity index (χ3n) is 5.72. The second-order valence-corrected chi connectivity index (χ2v) is 8.48. The molecule has 5 heteroatoms. The van der Waals surface area contributed by atoms with Gasteiger partial charge in [0.15, 0.2) is 5.82 Å². The molecule has 0 spiro atoms. The number of thiophene rings is 1. The van der Waals surface area contributed by atoms with Crippen LogP contribution in [0.25, 0.3) is 27.3 Å². The molecule has 0 amide bonds. The Hall–Kier alpha value is -2.40. The first kappa shape index (κ1) is 18.9. The van der Waals surface area contributed by atoms with E-state index < -0.39 is 0 Å².